The number of hydrogen-bond donors (Lipinski definition) is 1. The molecule has 0 bridgehead atoms. The molecule has 1 aromatic rings. The van der Waals surface area contributed by atoms with Gasteiger partial charge in [0.05, 0.1) is 11.6 Å². The third-order valence-corrected chi connectivity index (χ3v) is 1.58. The van der Waals surface area contributed by atoms with Gasteiger partial charge in [-0.2, -0.15) is 0 Å². The minimum Gasteiger partial charge on any atom is -0.426 e. The van der Waals surface area contributed by atoms with Crippen LogP contribution >= 0.6 is 11.6 Å². The number of rotatable bonds is 2. The number of halogens is 2. The number of esters is 1. The first-order valence-corrected chi connectivity index (χ1v) is 3.87. The molecule has 0 saturated heterocycles. The smallest absolute Gasteiger partial charge is 0.325 e. The second-order valence-electron chi connectivity index (χ2n) is 2.25. The van der Waals surface area contributed by atoms with Gasteiger partial charge in [0.2, 0.25) is 0 Å². The van der Waals surface area contributed by atoms with Crippen LogP contribution in [0.3, 0.4) is 0 Å². The highest BCUT2D eigenvalue weighted by molar-refractivity contribution is 6.30. The molecule has 0 aromatic heterocycles. The Morgan fingerprint density at radius 2 is 2.31 bits per heavy atom. The average Bonchev–Trinajstić information content (AvgIpc) is 2.11. The van der Waals surface area contributed by atoms with E-state index in [9.17, 15) is 9.18 Å². The number of ether oxygens (including phenoxy) is 1. The molecule has 0 atom stereocenters. The molecule has 0 amide bonds. The molecule has 13 heavy (non-hydrogen) atoms. The Kier molecular flexibility index (Phi) is 3.22. The highest BCUT2D eigenvalue weighted by atomic mass is 35.5. The maximum absolute atomic E-state index is 12.6. The fraction of sp³-hybridized carbons (Fsp3) is 0.125. The zero-order valence-electron chi connectivity index (χ0n) is 6.59. The molecule has 0 spiro atoms. The highest BCUT2D eigenvalue weighted by Crippen LogP contribution is 2.20. The van der Waals surface area contributed by atoms with Crippen molar-refractivity contribution in [2.45, 2.75) is 0 Å². The van der Waals surface area contributed by atoms with Crippen LogP contribution in [0.4, 0.5) is 4.39 Å². The van der Waals surface area contributed by atoms with E-state index in [1.165, 1.54) is 12.1 Å². The molecule has 0 aliphatic carbocycles. The van der Waals surface area contributed by atoms with E-state index in [4.69, 9.17) is 17.3 Å². The first-order chi connectivity index (χ1) is 6.13. The molecule has 0 aliphatic heterocycles. The number of nitrogens with two attached hydrogens (primary N) is 1. The van der Waals surface area contributed by atoms with E-state index in [2.05, 4.69) is 4.74 Å². The van der Waals surface area contributed by atoms with Gasteiger partial charge in [0.15, 0.2) is 0 Å². The van der Waals surface area contributed by atoms with E-state index in [0.29, 0.717) is 0 Å². The van der Waals surface area contributed by atoms with Gasteiger partial charge in [-0.15, -0.1) is 0 Å². The van der Waals surface area contributed by atoms with Crippen molar-refractivity contribution >= 4 is 17.6 Å². The number of hydrogen-bond acceptors (Lipinski definition) is 3. The van der Waals surface area contributed by atoms with Crippen molar-refractivity contribution in [3.63, 3.8) is 0 Å². The Labute approximate surface area is 79.2 Å². The van der Waals surface area contributed by atoms with Gasteiger partial charge in [-0.05, 0) is 12.1 Å². The first kappa shape index (κ1) is 9.95. The summed E-state index contributed by atoms with van der Waals surface area (Å²) in [5, 5.41) is -0.0951. The van der Waals surface area contributed by atoms with Gasteiger partial charge in [-0.1, -0.05) is 11.6 Å². The maximum atomic E-state index is 12.6. The predicted octanol–water partition coefficient (Wildman–Crippen LogP) is 1.34. The monoisotopic (exact) mass is 203 g/mol. The lowest BCUT2D eigenvalue weighted by atomic mass is 10.3. The lowest BCUT2D eigenvalue weighted by Crippen LogP contribution is -2.19. The molecule has 0 radical (unpaired) electrons. The highest BCUT2D eigenvalue weighted by Gasteiger charge is 2.04. The van der Waals surface area contributed by atoms with Crippen LogP contribution in [0.2, 0.25) is 5.02 Å². The normalized spacial score (nSPS) is 9.77. The largest absolute Gasteiger partial charge is 0.426 e. The molecule has 70 valence electrons. The van der Waals surface area contributed by atoms with Crippen molar-refractivity contribution in [3.8, 4) is 5.75 Å². The number of carbonyl (C=O) groups excluding carboxylic acids is 1. The Balaban J connectivity index is 2.79. The molecule has 0 heterocycles. The second kappa shape index (κ2) is 4.20. The van der Waals surface area contributed by atoms with Crippen LogP contribution in [-0.2, 0) is 4.79 Å². The summed E-state index contributed by atoms with van der Waals surface area (Å²) in [6, 6.07) is 3.63. The predicted molar refractivity (Wildman–Crippen MR) is 46.1 cm³/mol. The second-order valence-corrected chi connectivity index (χ2v) is 2.66. The summed E-state index contributed by atoms with van der Waals surface area (Å²) >= 11 is 5.44. The van der Waals surface area contributed by atoms with Gasteiger partial charge in [-0.3, -0.25) is 4.79 Å². The Morgan fingerprint density at radius 1 is 1.62 bits per heavy atom. The van der Waals surface area contributed by atoms with E-state index in [1.54, 1.807) is 0 Å². The topological polar surface area (TPSA) is 52.3 Å². The van der Waals surface area contributed by atoms with Crippen LogP contribution in [-0.4, -0.2) is 12.5 Å². The van der Waals surface area contributed by atoms with E-state index in [-0.39, 0.29) is 17.3 Å². The molecular weight excluding hydrogens is 197 g/mol. The third-order valence-electron chi connectivity index (χ3n) is 1.29. The fourth-order valence-corrected chi connectivity index (χ4v) is 0.884. The third kappa shape index (κ3) is 2.68. The number of benzene rings is 1. The SMILES string of the molecule is NCC(=O)Oc1ccc(F)c(Cl)c1. The van der Waals surface area contributed by atoms with Gasteiger partial charge < -0.3 is 10.5 Å². The van der Waals surface area contributed by atoms with Crippen molar-refractivity contribution in [3.05, 3.63) is 29.0 Å². The molecule has 0 saturated carbocycles. The van der Waals surface area contributed by atoms with E-state index >= 15 is 0 Å². The van der Waals surface area contributed by atoms with Crippen molar-refractivity contribution in [1.29, 1.82) is 0 Å². The van der Waals surface area contributed by atoms with Gasteiger partial charge in [0, 0.05) is 6.07 Å². The number of carbonyl (C=O) groups is 1. The zero-order valence-corrected chi connectivity index (χ0v) is 7.34. The molecule has 5 heteroatoms. The van der Waals surface area contributed by atoms with Crippen LogP contribution in [0.5, 0.6) is 5.75 Å². The Bertz CT molecular complexity index is 330. The zero-order chi connectivity index (χ0) is 9.84. The van der Waals surface area contributed by atoms with E-state index in [0.717, 1.165) is 6.07 Å². The molecule has 1 aromatic carbocycles. The quantitative estimate of drug-likeness (QED) is 0.583. The summed E-state index contributed by atoms with van der Waals surface area (Å²) < 4.78 is 17.3. The summed E-state index contributed by atoms with van der Waals surface area (Å²) in [6.07, 6.45) is 0. The minimum atomic E-state index is -0.595. The Morgan fingerprint density at radius 3 is 2.85 bits per heavy atom. The van der Waals surface area contributed by atoms with E-state index < -0.39 is 11.8 Å². The summed E-state index contributed by atoms with van der Waals surface area (Å²) in [5.41, 5.74) is 5.01. The maximum Gasteiger partial charge on any atom is 0.325 e. The standard InChI is InChI=1S/C8H7ClFNO2/c9-6-3-5(1-2-7(6)10)13-8(12)4-11/h1-3H,4,11H2. The minimum absolute atomic E-state index is 0.0951. The van der Waals surface area contributed by atoms with Crippen LogP contribution in [0.15, 0.2) is 18.2 Å². The molecule has 2 N–H and O–H groups in total. The first-order valence-electron chi connectivity index (χ1n) is 3.49. The summed E-state index contributed by atoms with van der Waals surface area (Å²) in [6.45, 7) is -0.227. The van der Waals surface area contributed by atoms with E-state index in [1.807, 2.05) is 0 Å². The van der Waals surface area contributed by atoms with Crippen molar-refractivity contribution in [2.75, 3.05) is 6.54 Å². The Hall–Kier alpha value is -1.13. The van der Waals surface area contributed by atoms with Crippen molar-refractivity contribution < 1.29 is 13.9 Å². The summed E-state index contributed by atoms with van der Waals surface area (Å²) in [5.74, 6) is -0.973. The molecule has 0 unspecified atom stereocenters. The van der Waals surface area contributed by atoms with Crippen LogP contribution in [0, 0.1) is 5.82 Å². The molecule has 3 nitrogen and oxygen atoms in total. The van der Waals surface area contributed by atoms with Gasteiger partial charge in [0.25, 0.3) is 0 Å². The van der Waals surface area contributed by atoms with Crippen LogP contribution in [0.1, 0.15) is 0 Å². The van der Waals surface area contributed by atoms with Gasteiger partial charge in [-0.25, -0.2) is 4.39 Å². The van der Waals surface area contributed by atoms with Gasteiger partial charge in [0.1, 0.15) is 11.6 Å². The van der Waals surface area contributed by atoms with Gasteiger partial charge >= 0.3 is 5.97 Å². The van der Waals surface area contributed by atoms with Crippen LogP contribution < -0.4 is 10.5 Å². The van der Waals surface area contributed by atoms with Crippen molar-refractivity contribution in [1.82, 2.24) is 0 Å². The lowest BCUT2D eigenvalue weighted by molar-refractivity contribution is -0.132. The molecule has 0 aliphatic rings. The fourth-order valence-electron chi connectivity index (χ4n) is 0.713. The molecule has 1 rings (SSSR count). The summed E-state index contributed by atoms with van der Waals surface area (Å²) in [4.78, 5) is 10.7. The molecule has 0 fully saturated rings. The lowest BCUT2D eigenvalue weighted by Gasteiger charge is -2.02. The average molecular weight is 204 g/mol. The summed E-state index contributed by atoms with van der Waals surface area (Å²) in [7, 11) is 0. The van der Waals surface area contributed by atoms with Crippen LogP contribution in [0.25, 0.3) is 0 Å². The van der Waals surface area contributed by atoms with Crippen molar-refractivity contribution in [2.24, 2.45) is 5.73 Å². The molecular formula is C8H7ClFNO2.